The van der Waals surface area contributed by atoms with E-state index in [2.05, 4.69) is 25.3 Å². The molecular weight excluding hydrogens is 188 g/mol. The molecule has 2 aliphatic rings. The van der Waals surface area contributed by atoms with Gasteiger partial charge in [0.05, 0.1) is 14.2 Å². The summed E-state index contributed by atoms with van der Waals surface area (Å²) in [6.07, 6.45) is 4.87. The summed E-state index contributed by atoms with van der Waals surface area (Å²) in [4.78, 5) is 0. The van der Waals surface area contributed by atoms with E-state index in [1.807, 2.05) is 0 Å². The Kier molecular flexibility index (Phi) is 2.60. The van der Waals surface area contributed by atoms with Gasteiger partial charge in [-0.3, -0.25) is 0 Å². The van der Waals surface area contributed by atoms with Gasteiger partial charge in [-0.2, -0.15) is 0 Å². The molecule has 2 aliphatic carbocycles. The van der Waals surface area contributed by atoms with E-state index in [4.69, 9.17) is 0 Å². The summed E-state index contributed by atoms with van der Waals surface area (Å²) in [7, 11) is -1.08. The van der Waals surface area contributed by atoms with Crippen LogP contribution in [0.1, 0.15) is 25.7 Å². The van der Waals surface area contributed by atoms with Gasteiger partial charge in [0.15, 0.2) is 0 Å². The maximum Gasteiger partial charge on any atom is 0.0686 e. The second-order valence-electron chi connectivity index (χ2n) is 6.05. The van der Waals surface area contributed by atoms with Crippen molar-refractivity contribution in [3.63, 3.8) is 0 Å². The van der Waals surface area contributed by atoms with Gasteiger partial charge in [-0.05, 0) is 31.6 Å². The Morgan fingerprint density at radius 3 is 2.57 bits per heavy atom. The predicted octanol–water partition coefficient (Wildman–Crippen LogP) is 2.97. The van der Waals surface area contributed by atoms with Gasteiger partial charge in [0.1, 0.15) is 0 Å². The van der Waals surface area contributed by atoms with Crippen LogP contribution in [0.5, 0.6) is 0 Å². The van der Waals surface area contributed by atoms with Crippen LogP contribution in [0.15, 0.2) is 11.3 Å². The predicted molar refractivity (Wildman–Crippen MR) is 62.9 cm³/mol. The zero-order chi connectivity index (χ0) is 10.3. The second kappa shape index (κ2) is 3.49. The summed E-state index contributed by atoms with van der Waals surface area (Å²) < 4.78 is 0. The molecule has 0 aliphatic heterocycles. The van der Waals surface area contributed by atoms with E-state index in [0.717, 1.165) is 12.3 Å². The van der Waals surface area contributed by atoms with E-state index in [-0.39, 0.29) is 6.10 Å². The number of aliphatic hydroxyl groups excluding tert-OH is 1. The van der Waals surface area contributed by atoms with E-state index in [1.54, 1.807) is 5.57 Å². The van der Waals surface area contributed by atoms with Crippen molar-refractivity contribution < 1.29 is 5.11 Å². The largest absolute Gasteiger partial charge is 0.392 e. The molecule has 0 spiro atoms. The molecule has 1 nitrogen and oxygen atoms in total. The number of hydrogen-bond acceptors (Lipinski definition) is 1. The minimum absolute atomic E-state index is 0.0231. The second-order valence-corrected chi connectivity index (χ2v) is 11.1. The van der Waals surface area contributed by atoms with Crippen molar-refractivity contribution in [2.24, 2.45) is 11.8 Å². The molecule has 0 amide bonds. The highest BCUT2D eigenvalue weighted by atomic mass is 28.3. The molecular formula is C12H22OSi. The maximum atomic E-state index is 9.94. The van der Waals surface area contributed by atoms with Gasteiger partial charge in [-0.25, -0.2) is 0 Å². The van der Waals surface area contributed by atoms with Gasteiger partial charge in [-0.1, -0.05) is 30.9 Å². The Morgan fingerprint density at radius 2 is 1.93 bits per heavy atom. The van der Waals surface area contributed by atoms with E-state index in [0.29, 0.717) is 5.92 Å². The smallest absolute Gasteiger partial charge is 0.0686 e. The fourth-order valence-corrected chi connectivity index (χ4v) is 4.62. The third-order valence-electron chi connectivity index (χ3n) is 3.61. The quantitative estimate of drug-likeness (QED) is 0.660. The SMILES string of the molecule is C[Si](C)(C)/C=C1/CC[C@H]2CC[C@H](O)[C@@H]12. The maximum absolute atomic E-state index is 9.94. The van der Waals surface area contributed by atoms with Gasteiger partial charge in [0.25, 0.3) is 0 Å². The third kappa shape index (κ3) is 1.96. The Labute approximate surface area is 88.2 Å². The van der Waals surface area contributed by atoms with Crippen LogP contribution in [0, 0.1) is 11.8 Å². The summed E-state index contributed by atoms with van der Waals surface area (Å²) in [5, 5.41) is 9.94. The van der Waals surface area contributed by atoms with Crippen LogP contribution in [-0.4, -0.2) is 19.3 Å². The number of rotatable bonds is 1. The minimum atomic E-state index is -1.08. The summed E-state index contributed by atoms with van der Waals surface area (Å²) in [6, 6.07) is 0. The molecule has 0 aromatic heterocycles. The Bertz CT molecular complexity index is 252. The molecule has 0 heterocycles. The van der Waals surface area contributed by atoms with Crippen molar-refractivity contribution in [1.82, 2.24) is 0 Å². The Morgan fingerprint density at radius 1 is 1.21 bits per heavy atom. The van der Waals surface area contributed by atoms with Crippen LogP contribution in [0.25, 0.3) is 0 Å². The zero-order valence-corrected chi connectivity index (χ0v) is 10.6. The van der Waals surface area contributed by atoms with Crippen LogP contribution < -0.4 is 0 Å². The molecule has 2 heteroatoms. The van der Waals surface area contributed by atoms with Crippen molar-refractivity contribution in [3.05, 3.63) is 11.3 Å². The molecule has 14 heavy (non-hydrogen) atoms. The summed E-state index contributed by atoms with van der Waals surface area (Å²) in [5.41, 5.74) is 4.13. The Balaban J connectivity index is 2.18. The Hall–Kier alpha value is -0.0831. The van der Waals surface area contributed by atoms with E-state index < -0.39 is 8.07 Å². The van der Waals surface area contributed by atoms with Crippen molar-refractivity contribution in [2.75, 3.05) is 0 Å². The monoisotopic (exact) mass is 210 g/mol. The van der Waals surface area contributed by atoms with Crippen LogP contribution >= 0.6 is 0 Å². The molecule has 2 fully saturated rings. The number of aliphatic hydroxyl groups is 1. The summed E-state index contributed by atoms with van der Waals surface area (Å²) in [5.74, 6) is 1.36. The molecule has 0 unspecified atom stereocenters. The average molecular weight is 210 g/mol. The highest BCUT2D eigenvalue weighted by molar-refractivity contribution is 6.81. The van der Waals surface area contributed by atoms with Gasteiger partial charge in [-0.15, -0.1) is 0 Å². The molecule has 0 aromatic rings. The van der Waals surface area contributed by atoms with Crippen LogP contribution in [0.2, 0.25) is 19.6 Å². The van der Waals surface area contributed by atoms with Crippen LogP contribution in [0.3, 0.4) is 0 Å². The van der Waals surface area contributed by atoms with E-state index in [9.17, 15) is 5.11 Å². The topological polar surface area (TPSA) is 20.2 Å². The fourth-order valence-electron chi connectivity index (χ4n) is 3.18. The average Bonchev–Trinajstić information content (AvgIpc) is 2.54. The molecule has 0 saturated heterocycles. The fraction of sp³-hybridized carbons (Fsp3) is 0.833. The van der Waals surface area contributed by atoms with E-state index in [1.165, 1.54) is 19.3 Å². The molecule has 0 bridgehead atoms. The molecule has 2 saturated carbocycles. The third-order valence-corrected chi connectivity index (χ3v) is 4.84. The first-order valence-corrected chi connectivity index (χ1v) is 9.45. The molecule has 0 aromatic carbocycles. The van der Waals surface area contributed by atoms with Crippen LogP contribution in [-0.2, 0) is 0 Å². The molecule has 1 N–H and O–H groups in total. The number of fused-ring (bicyclic) bond motifs is 1. The highest BCUT2D eigenvalue weighted by Gasteiger charge is 2.41. The van der Waals surface area contributed by atoms with Crippen LogP contribution in [0.4, 0.5) is 0 Å². The minimum Gasteiger partial charge on any atom is -0.392 e. The summed E-state index contributed by atoms with van der Waals surface area (Å²) >= 11 is 0. The first-order valence-electron chi connectivity index (χ1n) is 5.87. The van der Waals surface area contributed by atoms with Gasteiger partial charge in [0.2, 0.25) is 0 Å². The normalized spacial score (nSPS) is 40.6. The zero-order valence-electron chi connectivity index (χ0n) is 9.59. The molecule has 80 valence electrons. The lowest BCUT2D eigenvalue weighted by atomic mass is 9.96. The van der Waals surface area contributed by atoms with Crippen molar-refractivity contribution >= 4 is 8.07 Å². The first-order chi connectivity index (χ1) is 6.47. The van der Waals surface area contributed by atoms with Gasteiger partial charge < -0.3 is 5.11 Å². The lowest BCUT2D eigenvalue weighted by Gasteiger charge is -2.19. The standard InChI is InChI=1S/C12H22OSi/c1-14(2,3)8-10-5-4-9-6-7-11(13)12(9)10/h8-9,11-13H,4-7H2,1-3H3/b10-8-/t9-,11-,12+/m0/s1. The molecule has 0 radical (unpaired) electrons. The van der Waals surface area contributed by atoms with Crippen molar-refractivity contribution in [1.29, 1.82) is 0 Å². The molecule has 2 rings (SSSR count). The highest BCUT2D eigenvalue weighted by Crippen LogP contribution is 2.47. The van der Waals surface area contributed by atoms with Crippen molar-refractivity contribution in [2.45, 2.75) is 51.4 Å². The lowest BCUT2D eigenvalue weighted by molar-refractivity contribution is 0.143. The van der Waals surface area contributed by atoms with Gasteiger partial charge in [0, 0.05) is 5.92 Å². The van der Waals surface area contributed by atoms with Crippen molar-refractivity contribution in [3.8, 4) is 0 Å². The lowest BCUT2D eigenvalue weighted by Crippen LogP contribution is -2.21. The first kappa shape index (κ1) is 10.4. The molecule has 3 atom stereocenters. The van der Waals surface area contributed by atoms with E-state index >= 15 is 0 Å². The summed E-state index contributed by atoms with van der Waals surface area (Å²) in [6.45, 7) is 7.15. The number of hydrogen-bond donors (Lipinski definition) is 1. The van der Waals surface area contributed by atoms with Gasteiger partial charge >= 0.3 is 0 Å².